The molecule has 1 N–H and O–H groups in total. The molecule has 100 valence electrons. The Morgan fingerprint density at radius 2 is 2.32 bits per heavy atom. The third-order valence-electron chi connectivity index (χ3n) is 3.66. The number of carbonyl (C=O) groups is 1. The summed E-state index contributed by atoms with van der Waals surface area (Å²) in [6, 6.07) is 6.40. The van der Waals surface area contributed by atoms with E-state index in [1.165, 1.54) is 22.2 Å². The third-order valence-corrected chi connectivity index (χ3v) is 3.66. The summed E-state index contributed by atoms with van der Waals surface area (Å²) < 4.78 is 5.08. The van der Waals surface area contributed by atoms with Crippen molar-refractivity contribution in [1.29, 1.82) is 0 Å². The van der Waals surface area contributed by atoms with Crippen LogP contribution >= 0.6 is 0 Å². The van der Waals surface area contributed by atoms with Crippen molar-refractivity contribution in [2.24, 2.45) is 0 Å². The van der Waals surface area contributed by atoms with Crippen molar-refractivity contribution in [3.8, 4) is 0 Å². The van der Waals surface area contributed by atoms with Gasteiger partial charge in [0.05, 0.1) is 13.2 Å². The van der Waals surface area contributed by atoms with Crippen LogP contribution in [0.15, 0.2) is 18.2 Å². The van der Waals surface area contributed by atoms with Crippen molar-refractivity contribution in [1.82, 2.24) is 9.88 Å². The van der Waals surface area contributed by atoms with Gasteiger partial charge in [0.25, 0.3) is 0 Å². The highest BCUT2D eigenvalue weighted by Crippen LogP contribution is 2.28. The van der Waals surface area contributed by atoms with E-state index in [1.807, 2.05) is 6.92 Å². The topological polar surface area (TPSA) is 45.3 Å². The minimum absolute atomic E-state index is 0.213. The van der Waals surface area contributed by atoms with Crippen molar-refractivity contribution < 1.29 is 9.53 Å². The molecule has 0 unspecified atom stereocenters. The second kappa shape index (κ2) is 4.61. The van der Waals surface area contributed by atoms with Gasteiger partial charge < -0.3 is 14.6 Å². The Morgan fingerprint density at radius 3 is 3.11 bits per heavy atom. The van der Waals surface area contributed by atoms with Crippen molar-refractivity contribution in [3.05, 3.63) is 35.0 Å². The Kier molecular flexibility index (Phi) is 2.93. The summed E-state index contributed by atoms with van der Waals surface area (Å²) in [4.78, 5) is 17.1. The molecule has 4 nitrogen and oxygen atoms in total. The number of rotatable bonds is 1. The summed E-state index contributed by atoms with van der Waals surface area (Å²) >= 11 is 0. The Balaban J connectivity index is 1.95. The molecule has 0 atom stereocenters. The van der Waals surface area contributed by atoms with Gasteiger partial charge >= 0.3 is 6.09 Å². The van der Waals surface area contributed by atoms with Gasteiger partial charge in [-0.25, -0.2) is 4.79 Å². The first-order chi connectivity index (χ1) is 9.19. The molecule has 0 saturated carbocycles. The molecule has 4 heteroatoms. The van der Waals surface area contributed by atoms with E-state index < -0.39 is 0 Å². The van der Waals surface area contributed by atoms with Crippen LogP contribution < -0.4 is 0 Å². The van der Waals surface area contributed by atoms with Crippen LogP contribution in [0.25, 0.3) is 10.9 Å². The number of hydrogen-bond donors (Lipinski definition) is 1. The second-order valence-electron chi connectivity index (χ2n) is 5.00. The predicted molar refractivity (Wildman–Crippen MR) is 74.2 cm³/mol. The molecule has 1 aromatic carbocycles. The zero-order valence-corrected chi connectivity index (χ0v) is 11.3. The highest BCUT2D eigenvalue weighted by atomic mass is 16.6. The summed E-state index contributed by atoms with van der Waals surface area (Å²) in [5.41, 5.74) is 4.89. The number of aryl methyl sites for hydroxylation is 1. The normalized spacial score (nSPS) is 14.5. The second-order valence-corrected chi connectivity index (χ2v) is 5.00. The van der Waals surface area contributed by atoms with Gasteiger partial charge in [-0.2, -0.15) is 0 Å². The van der Waals surface area contributed by atoms with Crippen LogP contribution in [0.1, 0.15) is 23.7 Å². The number of amides is 1. The molecule has 2 heterocycles. The molecule has 0 saturated heterocycles. The number of aromatic nitrogens is 1. The number of aromatic amines is 1. The van der Waals surface area contributed by atoms with Crippen LogP contribution in [0.2, 0.25) is 0 Å². The standard InChI is InChI=1S/C15H18N2O2/c1-3-19-15(18)17-7-6-13-12(9-17)11-5-4-10(2)8-14(11)16-13/h4-5,8,16H,3,6-7,9H2,1-2H3. The lowest BCUT2D eigenvalue weighted by Gasteiger charge is -2.26. The summed E-state index contributed by atoms with van der Waals surface area (Å²) in [6.45, 7) is 5.70. The lowest BCUT2D eigenvalue weighted by Crippen LogP contribution is -2.36. The van der Waals surface area contributed by atoms with Crippen molar-refractivity contribution in [3.63, 3.8) is 0 Å². The van der Waals surface area contributed by atoms with Gasteiger partial charge in [-0.3, -0.25) is 0 Å². The van der Waals surface area contributed by atoms with Crippen molar-refractivity contribution in [2.45, 2.75) is 26.8 Å². The largest absolute Gasteiger partial charge is 0.450 e. The Hall–Kier alpha value is -1.97. The van der Waals surface area contributed by atoms with Crippen molar-refractivity contribution >= 4 is 17.0 Å². The number of carbonyl (C=O) groups excluding carboxylic acids is 1. The summed E-state index contributed by atoms with van der Waals surface area (Å²) in [5.74, 6) is 0. The van der Waals surface area contributed by atoms with E-state index in [2.05, 4.69) is 30.1 Å². The zero-order valence-electron chi connectivity index (χ0n) is 11.3. The van der Waals surface area contributed by atoms with Gasteiger partial charge in [-0.05, 0) is 25.5 Å². The Labute approximate surface area is 112 Å². The fourth-order valence-corrected chi connectivity index (χ4v) is 2.71. The smallest absolute Gasteiger partial charge is 0.410 e. The number of fused-ring (bicyclic) bond motifs is 3. The van der Waals surface area contributed by atoms with Gasteiger partial charge in [0.2, 0.25) is 0 Å². The van der Waals surface area contributed by atoms with E-state index in [-0.39, 0.29) is 6.09 Å². The fraction of sp³-hybridized carbons (Fsp3) is 0.400. The van der Waals surface area contributed by atoms with Gasteiger partial charge in [0, 0.05) is 35.1 Å². The maximum Gasteiger partial charge on any atom is 0.410 e. The van der Waals surface area contributed by atoms with E-state index in [0.29, 0.717) is 13.2 Å². The summed E-state index contributed by atoms with van der Waals surface area (Å²) in [6.07, 6.45) is 0.650. The average molecular weight is 258 g/mol. The van der Waals surface area contributed by atoms with Crippen LogP contribution in [0.3, 0.4) is 0 Å². The Morgan fingerprint density at radius 1 is 1.47 bits per heavy atom. The number of benzene rings is 1. The molecule has 1 aliphatic heterocycles. The zero-order chi connectivity index (χ0) is 13.4. The summed E-state index contributed by atoms with van der Waals surface area (Å²) in [5, 5.41) is 1.22. The molecule has 2 aromatic rings. The predicted octanol–water partition coefficient (Wildman–Crippen LogP) is 2.99. The van der Waals surface area contributed by atoms with Crippen LogP contribution in [0.4, 0.5) is 4.79 Å². The molecule has 19 heavy (non-hydrogen) atoms. The quantitative estimate of drug-likeness (QED) is 0.854. The molecule has 1 amide bonds. The van der Waals surface area contributed by atoms with E-state index in [9.17, 15) is 4.79 Å². The molecule has 0 aliphatic carbocycles. The molecule has 1 aromatic heterocycles. The third kappa shape index (κ3) is 2.07. The molecule has 0 fully saturated rings. The minimum Gasteiger partial charge on any atom is -0.450 e. The average Bonchev–Trinajstić information content (AvgIpc) is 2.75. The number of ether oxygens (including phenoxy) is 1. The molecule has 0 radical (unpaired) electrons. The fourth-order valence-electron chi connectivity index (χ4n) is 2.71. The van der Waals surface area contributed by atoms with Crippen LogP contribution in [-0.4, -0.2) is 29.1 Å². The number of H-pyrrole nitrogens is 1. The van der Waals surface area contributed by atoms with E-state index in [4.69, 9.17) is 4.74 Å². The maximum absolute atomic E-state index is 11.8. The van der Waals surface area contributed by atoms with Crippen LogP contribution in [0.5, 0.6) is 0 Å². The first-order valence-electron chi connectivity index (χ1n) is 6.71. The van der Waals surface area contributed by atoms with Gasteiger partial charge in [-0.1, -0.05) is 12.1 Å². The highest BCUT2D eigenvalue weighted by Gasteiger charge is 2.24. The van der Waals surface area contributed by atoms with Gasteiger partial charge in [-0.15, -0.1) is 0 Å². The first kappa shape index (κ1) is 12.1. The highest BCUT2D eigenvalue weighted by molar-refractivity contribution is 5.86. The molecule has 3 rings (SSSR count). The van der Waals surface area contributed by atoms with Gasteiger partial charge in [0.1, 0.15) is 0 Å². The molecule has 0 spiro atoms. The molecular weight excluding hydrogens is 240 g/mol. The lowest BCUT2D eigenvalue weighted by molar-refractivity contribution is 0.103. The molecular formula is C15H18N2O2. The SMILES string of the molecule is CCOC(=O)N1CCc2[nH]c3cc(C)ccc3c2C1. The first-order valence-corrected chi connectivity index (χ1v) is 6.71. The monoisotopic (exact) mass is 258 g/mol. The lowest BCUT2D eigenvalue weighted by atomic mass is 10.0. The van der Waals surface area contributed by atoms with E-state index in [1.54, 1.807) is 4.90 Å². The van der Waals surface area contributed by atoms with Crippen LogP contribution in [0, 0.1) is 6.92 Å². The number of nitrogens with zero attached hydrogens (tertiary/aromatic N) is 1. The van der Waals surface area contributed by atoms with Gasteiger partial charge in [0.15, 0.2) is 0 Å². The number of nitrogens with one attached hydrogen (secondary N) is 1. The summed E-state index contributed by atoms with van der Waals surface area (Å²) in [7, 11) is 0. The van der Waals surface area contributed by atoms with Crippen LogP contribution in [-0.2, 0) is 17.7 Å². The Bertz CT molecular complexity index is 630. The van der Waals surface area contributed by atoms with E-state index in [0.717, 1.165) is 18.5 Å². The number of hydrogen-bond acceptors (Lipinski definition) is 2. The maximum atomic E-state index is 11.8. The van der Waals surface area contributed by atoms with Crippen molar-refractivity contribution in [2.75, 3.05) is 13.2 Å². The molecule has 1 aliphatic rings. The minimum atomic E-state index is -0.213. The molecule has 0 bridgehead atoms. The van der Waals surface area contributed by atoms with E-state index >= 15 is 0 Å².